The highest BCUT2D eigenvalue weighted by Gasteiger charge is 2.29. The number of piperidine rings is 1. The molecule has 1 unspecified atom stereocenters. The van der Waals surface area contributed by atoms with Crippen molar-refractivity contribution in [1.29, 1.82) is 0 Å². The Morgan fingerprint density at radius 3 is 2.69 bits per heavy atom. The van der Waals surface area contributed by atoms with E-state index in [0.29, 0.717) is 31.0 Å². The van der Waals surface area contributed by atoms with Crippen molar-refractivity contribution in [2.24, 2.45) is 10.8 Å². The van der Waals surface area contributed by atoms with Gasteiger partial charge in [0.2, 0.25) is 5.91 Å². The molecule has 0 bridgehead atoms. The molecule has 2 amide bonds. The van der Waals surface area contributed by atoms with Crippen molar-refractivity contribution >= 4 is 17.5 Å². The summed E-state index contributed by atoms with van der Waals surface area (Å²) in [6, 6.07) is 7.34. The third-order valence-corrected chi connectivity index (χ3v) is 6.12. The van der Waals surface area contributed by atoms with Crippen LogP contribution in [0.2, 0.25) is 0 Å². The zero-order valence-corrected chi connectivity index (χ0v) is 18.6. The molecule has 4 rings (SSSR count). The van der Waals surface area contributed by atoms with Crippen LogP contribution in [0.5, 0.6) is 5.75 Å². The van der Waals surface area contributed by atoms with Crippen LogP contribution in [0.3, 0.4) is 0 Å². The molecule has 0 radical (unpaired) electrons. The van der Waals surface area contributed by atoms with Crippen LogP contribution in [0, 0.1) is 0 Å². The van der Waals surface area contributed by atoms with Gasteiger partial charge in [-0.15, -0.1) is 0 Å². The maximum Gasteiger partial charge on any atom is 0.267 e. The largest absolute Gasteiger partial charge is 0.497 e. The van der Waals surface area contributed by atoms with Gasteiger partial charge in [0.15, 0.2) is 0 Å². The SMILES string of the molecule is COc1ccc(-c2nc(C3CCCN(C(=O)CCN4CCC(C)=N4)C3)[nH]c2C(N)=O)cc1. The minimum Gasteiger partial charge on any atom is -0.497 e. The Hall–Kier alpha value is -3.36. The van der Waals surface area contributed by atoms with E-state index >= 15 is 0 Å². The lowest BCUT2D eigenvalue weighted by atomic mass is 9.97. The van der Waals surface area contributed by atoms with Gasteiger partial charge in [0.25, 0.3) is 5.91 Å². The van der Waals surface area contributed by atoms with Gasteiger partial charge in [-0.2, -0.15) is 5.10 Å². The second-order valence-electron chi connectivity index (χ2n) is 8.41. The average molecular weight is 439 g/mol. The van der Waals surface area contributed by atoms with Gasteiger partial charge in [-0.1, -0.05) is 0 Å². The quantitative estimate of drug-likeness (QED) is 0.688. The summed E-state index contributed by atoms with van der Waals surface area (Å²) in [5.41, 5.74) is 8.34. The fraction of sp³-hybridized carbons (Fsp3) is 0.478. The van der Waals surface area contributed by atoms with Crippen molar-refractivity contribution in [2.75, 3.05) is 33.3 Å². The molecule has 9 heteroatoms. The first kappa shape index (κ1) is 21.9. The minimum atomic E-state index is -0.556. The molecular formula is C23H30N6O3. The lowest BCUT2D eigenvalue weighted by molar-refractivity contribution is -0.132. The Morgan fingerprint density at radius 1 is 1.25 bits per heavy atom. The molecule has 3 N–H and O–H groups in total. The molecule has 1 saturated heterocycles. The van der Waals surface area contributed by atoms with Crippen LogP contribution in [-0.4, -0.2) is 70.7 Å². The topological polar surface area (TPSA) is 117 Å². The predicted octanol–water partition coefficient (Wildman–Crippen LogP) is 2.36. The Labute approximate surface area is 187 Å². The zero-order valence-electron chi connectivity index (χ0n) is 18.6. The molecule has 2 aromatic rings. The number of ether oxygens (including phenoxy) is 1. The van der Waals surface area contributed by atoms with Crippen LogP contribution in [0.4, 0.5) is 0 Å². The number of methoxy groups -OCH3 is 1. The molecule has 0 saturated carbocycles. The van der Waals surface area contributed by atoms with E-state index in [2.05, 4.69) is 10.1 Å². The number of likely N-dealkylation sites (tertiary alicyclic amines) is 1. The number of carbonyl (C=O) groups is 2. The Balaban J connectivity index is 1.46. The number of carbonyl (C=O) groups excluding carboxylic acids is 2. The summed E-state index contributed by atoms with van der Waals surface area (Å²) < 4.78 is 5.21. The van der Waals surface area contributed by atoms with Gasteiger partial charge in [-0.25, -0.2) is 4.98 Å². The van der Waals surface area contributed by atoms with Crippen LogP contribution in [0.1, 0.15) is 54.8 Å². The van der Waals surface area contributed by atoms with Crippen molar-refractivity contribution in [2.45, 2.75) is 38.5 Å². The smallest absolute Gasteiger partial charge is 0.267 e. The van der Waals surface area contributed by atoms with Crippen molar-refractivity contribution in [1.82, 2.24) is 19.9 Å². The first-order valence-electron chi connectivity index (χ1n) is 11.1. The molecule has 1 fully saturated rings. The van der Waals surface area contributed by atoms with E-state index in [0.717, 1.165) is 49.4 Å². The second kappa shape index (κ2) is 9.42. The van der Waals surface area contributed by atoms with E-state index in [9.17, 15) is 9.59 Å². The number of imidazole rings is 1. The number of nitrogens with zero attached hydrogens (tertiary/aromatic N) is 4. The van der Waals surface area contributed by atoms with Gasteiger partial charge >= 0.3 is 0 Å². The maximum atomic E-state index is 12.8. The molecule has 32 heavy (non-hydrogen) atoms. The van der Waals surface area contributed by atoms with Crippen molar-refractivity contribution < 1.29 is 14.3 Å². The van der Waals surface area contributed by atoms with E-state index in [1.54, 1.807) is 7.11 Å². The molecule has 1 aromatic carbocycles. The highest BCUT2D eigenvalue weighted by molar-refractivity contribution is 5.97. The van der Waals surface area contributed by atoms with Crippen LogP contribution >= 0.6 is 0 Å². The normalized spacial score (nSPS) is 18.6. The number of benzene rings is 1. The number of amides is 2. The van der Waals surface area contributed by atoms with Crippen LogP contribution in [0.25, 0.3) is 11.3 Å². The summed E-state index contributed by atoms with van der Waals surface area (Å²) in [4.78, 5) is 34.6. The standard InChI is InChI=1S/C23H30N6O3/c1-15-9-12-29(27-15)13-10-19(30)28-11-3-4-17(14-28)23-25-20(21(26-23)22(24)31)16-5-7-18(32-2)8-6-16/h5-8,17H,3-4,9-14H2,1-2H3,(H2,24,31)(H,25,26). The fourth-order valence-corrected chi connectivity index (χ4v) is 4.32. The summed E-state index contributed by atoms with van der Waals surface area (Å²) in [7, 11) is 1.60. The van der Waals surface area contributed by atoms with E-state index in [-0.39, 0.29) is 17.5 Å². The average Bonchev–Trinajstić information content (AvgIpc) is 3.44. The first-order valence-corrected chi connectivity index (χ1v) is 11.1. The van der Waals surface area contributed by atoms with E-state index in [1.165, 1.54) is 0 Å². The summed E-state index contributed by atoms with van der Waals surface area (Å²) in [6.45, 7) is 4.87. The molecule has 170 valence electrons. The summed E-state index contributed by atoms with van der Waals surface area (Å²) in [5.74, 6) is 1.03. The third-order valence-electron chi connectivity index (χ3n) is 6.12. The number of hydrogen-bond acceptors (Lipinski definition) is 6. The molecule has 3 heterocycles. The summed E-state index contributed by atoms with van der Waals surface area (Å²) >= 11 is 0. The lowest BCUT2D eigenvalue weighted by Gasteiger charge is -2.32. The molecule has 1 atom stereocenters. The van der Waals surface area contributed by atoms with Gasteiger partial charge in [0.05, 0.1) is 7.11 Å². The first-order chi connectivity index (χ1) is 15.4. The van der Waals surface area contributed by atoms with Crippen molar-refractivity contribution in [3.63, 3.8) is 0 Å². The second-order valence-corrected chi connectivity index (χ2v) is 8.41. The number of H-pyrrole nitrogens is 1. The van der Waals surface area contributed by atoms with Gasteiger partial charge in [0.1, 0.15) is 23.0 Å². The highest BCUT2D eigenvalue weighted by Crippen LogP contribution is 2.30. The lowest BCUT2D eigenvalue weighted by Crippen LogP contribution is -2.40. The van der Waals surface area contributed by atoms with Crippen molar-refractivity contribution in [3.8, 4) is 17.0 Å². The third kappa shape index (κ3) is 4.76. The minimum absolute atomic E-state index is 0.0323. The van der Waals surface area contributed by atoms with Gasteiger partial charge < -0.3 is 20.4 Å². The Morgan fingerprint density at radius 2 is 2.03 bits per heavy atom. The van der Waals surface area contributed by atoms with E-state index in [4.69, 9.17) is 15.5 Å². The molecule has 2 aliphatic rings. The van der Waals surface area contributed by atoms with Gasteiger partial charge in [0, 0.05) is 56.2 Å². The zero-order chi connectivity index (χ0) is 22.7. The van der Waals surface area contributed by atoms with Gasteiger partial charge in [-0.05, 0) is 44.0 Å². The summed E-state index contributed by atoms with van der Waals surface area (Å²) in [6.07, 6.45) is 3.21. The highest BCUT2D eigenvalue weighted by atomic mass is 16.5. The molecule has 1 aromatic heterocycles. The van der Waals surface area contributed by atoms with Crippen LogP contribution in [-0.2, 0) is 4.79 Å². The van der Waals surface area contributed by atoms with Crippen LogP contribution < -0.4 is 10.5 Å². The number of primary amides is 1. The summed E-state index contributed by atoms with van der Waals surface area (Å²) in [5, 5.41) is 6.42. The monoisotopic (exact) mass is 438 g/mol. The maximum absolute atomic E-state index is 12.8. The van der Waals surface area contributed by atoms with E-state index < -0.39 is 5.91 Å². The number of rotatable bonds is 7. The number of aromatic nitrogens is 2. The number of aromatic amines is 1. The number of nitrogens with two attached hydrogens (primary N) is 1. The molecule has 9 nitrogen and oxygen atoms in total. The van der Waals surface area contributed by atoms with Crippen molar-refractivity contribution in [3.05, 3.63) is 35.8 Å². The molecule has 0 spiro atoms. The number of hydrazone groups is 1. The Kier molecular flexibility index (Phi) is 6.43. The number of hydrogen-bond donors (Lipinski definition) is 2. The molecular weight excluding hydrogens is 408 g/mol. The van der Waals surface area contributed by atoms with Gasteiger partial charge in [-0.3, -0.25) is 14.6 Å². The molecule has 0 aliphatic carbocycles. The van der Waals surface area contributed by atoms with E-state index in [1.807, 2.05) is 41.1 Å². The fourth-order valence-electron chi connectivity index (χ4n) is 4.32. The number of nitrogens with one attached hydrogen (secondary N) is 1. The molecule has 2 aliphatic heterocycles. The Bertz CT molecular complexity index is 1010. The van der Waals surface area contributed by atoms with Crippen LogP contribution in [0.15, 0.2) is 29.4 Å². The predicted molar refractivity (Wildman–Crippen MR) is 122 cm³/mol.